The third-order valence-electron chi connectivity index (χ3n) is 2.27. The van der Waals surface area contributed by atoms with Crippen molar-refractivity contribution >= 4 is 0 Å². The molecule has 0 rings (SSSR count). The van der Waals surface area contributed by atoms with Crippen LogP contribution in [-0.2, 0) is 0 Å². The SMILES string of the molecule is CC#CCCCCC(CC)NCC. The van der Waals surface area contributed by atoms with Crippen molar-refractivity contribution < 1.29 is 0 Å². The number of hydrogen-bond acceptors (Lipinski definition) is 1. The minimum absolute atomic E-state index is 0.722. The van der Waals surface area contributed by atoms with Gasteiger partial charge in [0.25, 0.3) is 0 Å². The molecule has 0 heterocycles. The van der Waals surface area contributed by atoms with Crippen LogP contribution in [0.5, 0.6) is 0 Å². The van der Waals surface area contributed by atoms with Crippen LogP contribution in [-0.4, -0.2) is 12.6 Å². The number of nitrogens with one attached hydrogen (secondary N) is 1. The second kappa shape index (κ2) is 9.61. The first-order valence-electron chi connectivity index (χ1n) is 5.48. The fraction of sp³-hybridized carbons (Fsp3) is 0.833. The molecule has 0 saturated carbocycles. The van der Waals surface area contributed by atoms with Crippen LogP contribution in [0.15, 0.2) is 0 Å². The van der Waals surface area contributed by atoms with E-state index in [0.717, 1.165) is 19.0 Å². The number of unbranched alkanes of at least 4 members (excludes halogenated alkanes) is 2. The van der Waals surface area contributed by atoms with Crippen LogP contribution < -0.4 is 5.32 Å². The summed E-state index contributed by atoms with van der Waals surface area (Å²) in [6.45, 7) is 7.42. The maximum absolute atomic E-state index is 3.49. The van der Waals surface area contributed by atoms with Crippen molar-refractivity contribution in [1.29, 1.82) is 0 Å². The maximum atomic E-state index is 3.49. The lowest BCUT2D eigenvalue weighted by Crippen LogP contribution is -2.27. The number of rotatable bonds is 7. The summed E-state index contributed by atoms with van der Waals surface area (Å²) in [5.41, 5.74) is 0. The van der Waals surface area contributed by atoms with Gasteiger partial charge in [-0.15, -0.1) is 11.8 Å². The molecule has 0 radical (unpaired) electrons. The predicted molar refractivity (Wildman–Crippen MR) is 59.7 cm³/mol. The van der Waals surface area contributed by atoms with Gasteiger partial charge in [0.05, 0.1) is 0 Å². The fourth-order valence-corrected chi connectivity index (χ4v) is 1.47. The van der Waals surface area contributed by atoms with Gasteiger partial charge >= 0.3 is 0 Å². The van der Waals surface area contributed by atoms with Gasteiger partial charge in [-0.05, 0) is 32.7 Å². The van der Waals surface area contributed by atoms with Crippen LogP contribution in [0.3, 0.4) is 0 Å². The summed E-state index contributed by atoms with van der Waals surface area (Å²) in [7, 11) is 0. The van der Waals surface area contributed by atoms with Crippen molar-refractivity contribution in [2.24, 2.45) is 0 Å². The molecule has 13 heavy (non-hydrogen) atoms. The Balaban J connectivity index is 3.30. The predicted octanol–water partition coefficient (Wildman–Crippen LogP) is 2.96. The monoisotopic (exact) mass is 181 g/mol. The molecule has 1 nitrogen and oxygen atoms in total. The molecule has 0 aromatic carbocycles. The number of hydrogen-bond donors (Lipinski definition) is 1. The van der Waals surface area contributed by atoms with E-state index in [4.69, 9.17) is 0 Å². The first-order chi connectivity index (χ1) is 6.35. The molecule has 0 aromatic rings. The molecular weight excluding hydrogens is 158 g/mol. The zero-order chi connectivity index (χ0) is 9.94. The highest BCUT2D eigenvalue weighted by Gasteiger charge is 2.02. The first-order valence-corrected chi connectivity index (χ1v) is 5.48. The summed E-state index contributed by atoms with van der Waals surface area (Å²) >= 11 is 0. The van der Waals surface area contributed by atoms with Gasteiger partial charge in [0.1, 0.15) is 0 Å². The van der Waals surface area contributed by atoms with Gasteiger partial charge in [0.15, 0.2) is 0 Å². The highest BCUT2D eigenvalue weighted by Crippen LogP contribution is 2.05. The van der Waals surface area contributed by atoms with Crippen LogP contribution in [0.1, 0.15) is 52.9 Å². The minimum atomic E-state index is 0.722. The molecular formula is C12H23N. The Kier molecular flexibility index (Phi) is 9.25. The van der Waals surface area contributed by atoms with Crippen LogP contribution in [0.2, 0.25) is 0 Å². The minimum Gasteiger partial charge on any atom is -0.314 e. The average Bonchev–Trinajstić information content (AvgIpc) is 2.16. The van der Waals surface area contributed by atoms with Gasteiger partial charge in [0, 0.05) is 12.5 Å². The molecule has 0 saturated heterocycles. The van der Waals surface area contributed by atoms with Crippen LogP contribution in [0.25, 0.3) is 0 Å². The van der Waals surface area contributed by atoms with E-state index in [1.165, 1.54) is 25.7 Å². The molecule has 0 aliphatic heterocycles. The standard InChI is InChI=1S/C12H23N/c1-4-7-8-9-10-11-12(5-2)13-6-3/h12-13H,5-6,8-11H2,1-3H3. The van der Waals surface area contributed by atoms with Crippen LogP contribution in [0.4, 0.5) is 0 Å². The summed E-state index contributed by atoms with van der Waals surface area (Å²) < 4.78 is 0. The molecule has 0 aromatic heterocycles. The lowest BCUT2D eigenvalue weighted by Gasteiger charge is -2.14. The lowest BCUT2D eigenvalue weighted by molar-refractivity contribution is 0.461. The molecule has 1 unspecified atom stereocenters. The van der Waals surface area contributed by atoms with E-state index in [2.05, 4.69) is 31.0 Å². The highest BCUT2D eigenvalue weighted by atomic mass is 14.9. The van der Waals surface area contributed by atoms with E-state index < -0.39 is 0 Å². The summed E-state index contributed by atoms with van der Waals surface area (Å²) in [5.74, 6) is 6.03. The Morgan fingerprint density at radius 2 is 2.00 bits per heavy atom. The van der Waals surface area contributed by atoms with Crippen LogP contribution >= 0.6 is 0 Å². The Bertz CT molecular complexity index is 152. The van der Waals surface area contributed by atoms with Crippen molar-refractivity contribution in [3.05, 3.63) is 0 Å². The van der Waals surface area contributed by atoms with E-state index in [9.17, 15) is 0 Å². The zero-order valence-electron chi connectivity index (χ0n) is 9.32. The van der Waals surface area contributed by atoms with E-state index in [-0.39, 0.29) is 0 Å². The summed E-state index contributed by atoms with van der Waals surface area (Å²) in [6, 6.07) is 0.722. The Hall–Kier alpha value is -0.480. The molecule has 76 valence electrons. The van der Waals surface area contributed by atoms with Gasteiger partial charge < -0.3 is 5.32 Å². The highest BCUT2D eigenvalue weighted by molar-refractivity contribution is 4.94. The lowest BCUT2D eigenvalue weighted by atomic mass is 10.1. The molecule has 0 amide bonds. The molecule has 0 fully saturated rings. The van der Waals surface area contributed by atoms with Crippen LogP contribution in [0, 0.1) is 11.8 Å². The summed E-state index contributed by atoms with van der Waals surface area (Å²) in [6.07, 6.45) is 6.17. The molecule has 0 spiro atoms. The van der Waals surface area contributed by atoms with Gasteiger partial charge in [-0.1, -0.05) is 20.3 Å². The third kappa shape index (κ3) is 7.87. The van der Waals surface area contributed by atoms with Gasteiger partial charge in [-0.2, -0.15) is 0 Å². The second-order valence-electron chi connectivity index (χ2n) is 3.34. The van der Waals surface area contributed by atoms with Gasteiger partial charge in [-0.3, -0.25) is 0 Å². The normalized spacial score (nSPS) is 11.9. The zero-order valence-corrected chi connectivity index (χ0v) is 9.32. The quantitative estimate of drug-likeness (QED) is 0.470. The van der Waals surface area contributed by atoms with E-state index in [0.29, 0.717) is 0 Å². The summed E-state index contributed by atoms with van der Waals surface area (Å²) in [5, 5.41) is 3.49. The fourth-order valence-electron chi connectivity index (χ4n) is 1.47. The Morgan fingerprint density at radius 3 is 2.54 bits per heavy atom. The van der Waals surface area contributed by atoms with E-state index in [1.807, 2.05) is 6.92 Å². The smallest absolute Gasteiger partial charge is 0.00885 e. The van der Waals surface area contributed by atoms with Crippen molar-refractivity contribution in [2.45, 2.75) is 58.9 Å². The second-order valence-corrected chi connectivity index (χ2v) is 3.34. The van der Waals surface area contributed by atoms with E-state index >= 15 is 0 Å². The molecule has 1 atom stereocenters. The first kappa shape index (κ1) is 12.5. The maximum Gasteiger partial charge on any atom is 0.00885 e. The van der Waals surface area contributed by atoms with Crippen molar-refractivity contribution in [2.75, 3.05) is 6.54 Å². The van der Waals surface area contributed by atoms with Gasteiger partial charge in [0.2, 0.25) is 0 Å². The van der Waals surface area contributed by atoms with Crippen molar-refractivity contribution in [1.82, 2.24) is 5.32 Å². The molecule has 1 N–H and O–H groups in total. The van der Waals surface area contributed by atoms with E-state index in [1.54, 1.807) is 0 Å². The molecule has 0 aliphatic rings. The Labute approximate surface area is 83.3 Å². The summed E-state index contributed by atoms with van der Waals surface area (Å²) in [4.78, 5) is 0. The largest absolute Gasteiger partial charge is 0.314 e. The van der Waals surface area contributed by atoms with Crippen molar-refractivity contribution in [3.8, 4) is 11.8 Å². The molecule has 1 heteroatoms. The Morgan fingerprint density at radius 1 is 1.23 bits per heavy atom. The topological polar surface area (TPSA) is 12.0 Å². The molecule has 0 bridgehead atoms. The third-order valence-corrected chi connectivity index (χ3v) is 2.27. The van der Waals surface area contributed by atoms with Gasteiger partial charge in [-0.25, -0.2) is 0 Å². The average molecular weight is 181 g/mol. The molecule has 0 aliphatic carbocycles. The van der Waals surface area contributed by atoms with Crippen molar-refractivity contribution in [3.63, 3.8) is 0 Å².